The van der Waals surface area contributed by atoms with E-state index in [1.54, 1.807) is 56.3 Å². The predicted molar refractivity (Wildman–Crippen MR) is 185 cm³/mol. The number of aromatic nitrogens is 1. The number of fused-ring (bicyclic) bond motifs is 1. The lowest BCUT2D eigenvalue weighted by atomic mass is 9.95. The second-order valence-corrected chi connectivity index (χ2v) is 12.3. The Labute approximate surface area is 291 Å². The Kier molecular flexibility index (Phi) is 11.0. The van der Waals surface area contributed by atoms with Crippen LogP contribution in [-0.4, -0.2) is 45.1 Å². The maximum absolute atomic E-state index is 14.2. The number of rotatable bonds is 12. The van der Waals surface area contributed by atoms with Crippen LogP contribution in [0.2, 0.25) is 10.0 Å². The van der Waals surface area contributed by atoms with E-state index in [4.69, 9.17) is 51.6 Å². The van der Waals surface area contributed by atoms with Gasteiger partial charge in [0, 0.05) is 5.02 Å². The highest BCUT2D eigenvalue weighted by molar-refractivity contribution is 7.07. The molecule has 0 amide bonds. The summed E-state index contributed by atoms with van der Waals surface area (Å²) in [6.45, 7) is 6.04. The molecule has 0 saturated heterocycles. The van der Waals surface area contributed by atoms with Gasteiger partial charge >= 0.3 is 5.97 Å². The summed E-state index contributed by atoms with van der Waals surface area (Å²) >= 11 is 13.9. The summed E-state index contributed by atoms with van der Waals surface area (Å²) in [6, 6.07) is 13.3. The number of esters is 1. The number of thiazole rings is 1. The van der Waals surface area contributed by atoms with Crippen LogP contribution < -0.4 is 38.6 Å². The quantitative estimate of drug-likeness (QED) is 0.162. The number of carbonyl (C=O) groups is 1. The highest BCUT2D eigenvalue weighted by atomic mass is 35.5. The van der Waals surface area contributed by atoms with Gasteiger partial charge in [-0.1, -0.05) is 46.7 Å². The largest absolute Gasteiger partial charge is 0.493 e. The van der Waals surface area contributed by atoms with Gasteiger partial charge in [0.2, 0.25) is 5.75 Å². The molecule has 0 fully saturated rings. The molecular formula is C35H34Cl2N2O8S. The zero-order chi connectivity index (χ0) is 34.5. The summed E-state index contributed by atoms with van der Waals surface area (Å²) in [6.07, 6.45) is 1.71. The van der Waals surface area contributed by atoms with Crippen molar-refractivity contribution >= 4 is 46.6 Å². The summed E-state index contributed by atoms with van der Waals surface area (Å²) in [4.78, 5) is 32.7. The van der Waals surface area contributed by atoms with Gasteiger partial charge in [0.25, 0.3) is 5.56 Å². The van der Waals surface area contributed by atoms with Gasteiger partial charge in [0.1, 0.15) is 6.61 Å². The van der Waals surface area contributed by atoms with Crippen LogP contribution in [-0.2, 0) is 16.1 Å². The van der Waals surface area contributed by atoms with Crippen LogP contribution in [0.1, 0.15) is 43.5 Å². The molecule has 1 aromatic heterocycles. The van der Waals surface area contributed by atoms with Crippen molar-refractivity contribution in [2.75, 3.05) is 34.5 Å². The molecular weight excluding hydrogens is 679 g/mol. The monoisotopic (exact) mass is 712 g/mol. The minimum absolute atomic E-state index is 0.143. The molecule has 1 aliphatic rings. The number of methoxy groups -OCH3 is 3. The van der Waals surface area contributed by atoms with Crippen LogP contribution in [0.4, 0.5) is 0 Å². The van der Waals surface area contributed by atoms with Crippen molar-refractivity contribution in [2.24, 2.45) is 4.99 Å². The van der Waals surface area contributed by atoms with Gasteiger partial charge in [-0.2, -0.15) is 0 Å². The van der Waals surface area contributed by atoms with E-state index in [1.165, 1.54) is 37.2 Å². The fourth-order valence-corrected chi connectivity index (χ4v) is 6.77. The van der Waals surface area contributed by atoms with E-state index >= 15 is 0 Å². The van der Waals surface area contributed by atoms with E-state index in [9.17, 15) is 9.59 Å². The molecule has 0 N–H and O–H groups in total. The first kappa shape index (κ1) is 34.9. The van der Waals surface area contributed by atoms with Crippen molar-refractivity contribution in [3.63, 3.8) is 0 Å². The summed E-state index contributed by atoms with van der Waals surface area (Å²) in [5.41, 5.74) is 2.32. The summed E-state index contributed by atoms with van der Waals surface area (Å²) in [7, 11) is 4.49. The van der Waals surface area contributed by atoms with Crippen molar-refractivity contribution in [3.8, 4) is 28.7 Å². The zero-order valence-corrected chi connectivity index (χ0v) is 29.5. The molecule has 0 aliphatic carbocycles. The van der Waals surface area contributed by atoms with Crippen molar-refractivity contribution in [1.29, 1.82) is 0 Å². The third-order valence-corrected chi connectivity index (χ3v) is 8.96. The molecule has 13 heteroatoms. The van der Waals surface area contributed by atoms with Crippen LogP contribution in [0.25, 0.3) is 6.08 Å². The Hall–Kier alpha value is -4.45. The van der Waals surface area contributed by atoms with E-state index in [0.717, 1.165) is 5.56 Å². The van der Waals surface area contributed by atoms with Gasteiger partial charge in [-0.15, -0.1) is 0 Å². The molecule has 1 aliphatic heterocycles. The minimum Gasteiger partial charge on any atom is -0.493 e. The summed E-state index contributed by atoms with van der Waals surface area (Å²) < 4.78 is 35.9. The van der Waals surface area contributed by atoms with E-state index in [-0.39, 0.29) is 24.3 Å². The maximum Gasteiger partial charge on any atom is 0.338 e. The second kappa shape index (κ2) is 15.2. The molecule has 1 atom stereocenters. The number of benzene rings is 3. The third-order valence-electron chi connectivity index (χ3n) is 7.45. The molecule has 48 heavy (non-hydrogen) atoms. The number of hydrogen-bond donors (Lipinski definition) is 0. The smallest absolute Gasteiger partial charge is 0.338 e. The first-order valence-electron chi connectivity index (χ1n) is 15.0. The zero-order valence-electron chi connectivity index (χ0n) is 27.2. The molecule has 5 rings (SSSR count). The predicted octanol–water partition coefficient (Wildman–Crippen LogP) is 6.11. The van der Waals surface area contributed by atoms with Gasteiger partial charge in [-0.3, -0.25) is 9.36 Å². The van der Waals surface area contributed by atoms with E-state index in [0.29, 0.717) is 71.6 Å². The molecule has 10 nitrogen and oxygen atoms in total. The lowest BCUT2D eigenvalue weighted by Crippen LogP contribution is -2.40. The highest BCUT2D eigenvalue weighted by Gasteiger charge is 2.34. The summed E-state index contributed by atoms with van der Waals surface area (Å²) in [5.74, 6) is 1.32. The molecule has 252 valence electrons. The Morgan fingerprint density at radius 3 is 2.21 bits per heavy atom. The van der Waals surface area contributed by atoms with Crippen LogP contribution >= 0.6 is 34.5 Å². The molecule has 4 aromatic rings. The summed E-state index contributed by atoms with van der Waals surface area (Å²) in [5, 5.41) is 0.938. The fourth-order valence-electron chi connectivity index (χ4n) is 5.33. The molecule has 3 aromatic carbocycles. The number of halogens is 2. The first-order valence-corrected chi connectivity index (χ1v) is 16.5. The van der Waals surface area contributed by atoms with E-state index in [2.05, 4.69) is 4.99 Å². The Morgan fingerprint density at radius 2 is 1.60 bits per heavy atom. The van der Waals surface area contributed by atoms with Crippen LogP contribution in [0.5, 0.6) is 28.7 Å². The minimum atomic E-state index is -0.901. The average Bonchev–Trinajstić information content (AvgIpc) is 3.37. The Bertz CT molecular complexity index is 2030. The fraction of sp³-hybridized carbons (Fsp3) is 0.286. The first-order chi connectivity index (χ1) is 23.1. The van der Waals surface area contributed by atoms with Crippen LogP contribution in [0.3, 0.4) is 0 Å². The highest BCUT2D eigenvalue weighted by Crippen LogP contribution is 2.42. The van der Waals surface area contributed by atoms with Gasteiger partial charge < -0.3 is 28.4 Å². The van der Waals surface area contributed by atoms with E-state index < -0.39 is 12.0 Å². The Morgan fingerprint density at radius 1 is 0.917 bits per heavy atom. The maximum atomic E-state index is 14.2. The molecule has 0 radical (unpaired) electrons. The molecule has 0 bridgehead atoms. The number of carbonyl (C=O) groups excluding carboxylic acids is 1. The SMILES string of the molecule is CCOC(=O)C1=C(C)N=c2s/c(=C\c3cc(Cl)c(OCc4ccc(Cl)cc4)c(OCC)c3)c(=O)n2[C@H]1c1cc(OC)c(OC)c(OC)c1. The Balaban J connectivity index is 1.64. The topological polar surface area (TPSA) is 107 Å². The van der Waals surface area contributed by atoms with Crippen molar-refractivity contribution < 1.29 is 33.2 Å². The third kappa shape index (κ3) is 7.03. The van der Waals surface area contributed by atoms with Crippen molar-refractivity contribution in [1.82, 2.24) is 4.57 Å². The van der Waals surface area contributed by atoms with Gasteiger partial charge in [0.05, 0.1) is 61.4 Å². The molecule has 2 heterocycles. The lowest BCUT2D eigenvalue weighted by Gasteiger charge is -2.26. The van der Waals surface area contributed by atoms with Crippen LogP contribution in [0, 0.1) is 0 Å². The van der Waals surface area contributed by atoms with Gasteiger partial charge in [0.15, 0.2) is 27.8 Å². The second-order valence-electron chi connectivity index (χ2n) is 10.4. The normalized spacial score (nSPS) is 14.2. The standard InChI is InChI=1S/C35H34Cl2N2O8S/c1-7-45-27-14-21(13-24(37)31(27)47-18-20-9-11-23(36)12-10-20)15-28-33(40)39-30(22-16-25(42-4)32(44-6)26(17-22)43-5)29(34(41)46-8-2)19(3)38-35(39)48-28/h9-17,30H,7-8,18H2,1-6H3/b28-15-/t30-/m0/s1. The molecule has 0 unspecified atom stereocenters. The van der Waals surface area contributed by atoms with Gasteiger partial charge in [-0.25, -0.2) is 9.79 Å². The number of ether oxygens (including phenoxy) is 6. The molecule has 0 saturated carbocycles. The lowest BCUT2D eigenvalue weighted by molar-refractivity contribution is -0.139. The van der Waals surface area contributed by atoms with Crippen molar-refractivity contribution in [2.45, 2.75) is 33.4 Å². The van der Waals surface area contributed by atoms with Gasteiger partial charge in [-0.05, 0) is 79.9 Å². The number of hydrogen-bond acceptors (Lipinski definition) is 10. The molecule has 0 spiro atoms. The van der Waals surface area contributed by atoms with E-state index in [1.807, 2.05) is 19.1 Å². The van der Waals surface area contributed by atoms with Crippen molar-refractivity contribution in [3.05, 3.63) is 106 Å². The van der Waals surface area contributed by atoms with Crippen LogP contribution in [0.15, 0.2) is 69.6 Å². The number of nitrogens with zero attached hydrogens (tertiary/aromatic N) is 2. The average molecular weight is 714 g/mol. The number of allylic oxidation sites excluding steroid dienone is 1.